The quantitative estimate of drug-likeness (QED) is 0.481. The van der Waals surface area contributed by atoms with E-state index in [1.165, 1.54) is 12.3 Å². The van der Waals surface area contributed by atoms with Crippen molar-refractivity contribution in [2.75, 3.05) is 11.9 Å². The largest absolute Gasteiger partial charge is 0.394 e. The number of rotatable bonds is 7. The van der Waals surface area contributed by atoms with Gasteiger partial charge < -0.3 is 14.9 Å². The summed E-state index contributed by atoms with van der Waals surface area (Å²) < 4.78 is 34.7. The molecule has 0 fully saturated rings. The molecule has 0 aliphatic heterocycles. The highest BCUT2D eigenvalue weighted by atomic mass is 19.1. The molecule has 0 spiro atoms. The number of halogens is 2. The summed E-state index contributed by atoms with van der Waals surface area (Å²) in [7, 11) is 0. The zero-order chi connectivity index (χ0) is 21.1. The zero-order valence-electron chi connectivity index (χ0n) is 16.0. The van der Waals surface area contributed by atoms with Crippen LogP contribution in [-0.2, 0) is 6.54 Å². The van der Waals surface area contributed by atoms with Crippen LogP contribution in [-0.4, -0.2) is 42.7 Å². The van der Waals surface area contributed by atoms with E-state index >= 15 is 0 Å². The molecule has 30 heavy (non-hydrogen) atoms. The van der Waals surface area contributed by atoms with Crippen LogP contribution in [0.5, 0.6) is 0 Å². The fraction of sp³-hybridized carbons (Fsp3) is 0.200. The molecular formula is C20H18F2N6O2. The Kier molecular flexibility index (Phi) is 5.48. The van der Waals surface area contributed by atoms with Crippen molar-refractivity contribution in [3.05, 3.63) is 66.1 Å². The van der Waals surface area contributed by atoms with Crippen molar-refractivity contribution in [1.29, 1.82) is 0 Å². The Morgan fingerprint density at radius 2 is 2.00 bits per heavy atom. The predicted molar refractivity (Wildman–Crippen MR) is 104 cm³/mol. The summed E-state index contributed by atoms with van der Waals surface area (Å²) in [5.41, 5.74) is 1.85. The number of hydrogen-bond acceptors (Lipinski definition) is 7. The number of aromatic nitrogens is 5. The van der Waals surface area contributed by atoms with Crippen LogP contribution in [0.4, 0.5) is 14.6 Å². The fourth-order valence-electron chi connectivity index (χ4n) is 2.86. The first-order valence-electron chi connectivity index (χ1n) is 9.17. The van der Waals surface area contributed by atoms with Crippen LogP contribution >= 0.6 is 0 Å². The molecule has 0 saturated carbocycles. The van der Waals surface area contributed by atoms with E-state index in [1.807, 2.05) is 0 Å². The number of aliphatic hydroxyl groups is 1. The van der Waals surface area contributed by atoms with E-state index in [1.54, 1.807) is 41.9 Å². The van der Waals surface area contributed by atoms with Gasteiger partial charge in [0, 0.05) is 17.7 Å². The standard InChI is InChI=1S/C20H18F2N6O2/c1-12(11-29)24-19-15(22)9-23-20(25-19)17-8-18(16-6-7-30-27-16)28(26-17)10-13-4-2-3-5-14(13)21/h2-9,12,29H,10-11H2,1H3,(H,23,24,25)/t12-/m1/s1. The smallest absolute Gasteiger partial charge is 0.183 e. The predicted octanol–water partition coefficient (Wildman–Crippen LogP) is 3.11. The van der Waals surface area contributed by atoms with Gasteiger partial charge in [-0.25, -0.2) is 18.7 Å². The van der Waals surface area contributed by atoms with E-state index in [-0.39, 0.29) is 30.6 Å². The van der Waals surface area contributed by atoms with Gasteiger partial charge >= 0.3 is 0 Å². The van der Waals surface area contributed by atoms with Gasteiger partial charge in [0.25, 0.3) is 0 Å². The Bertz CT molecular complexity index is 1150. The van der Waals surface area contributed by atoms with Gasteiger partial charge in [-0.15, -0.1) is 0 Å². The summed E-state index contributed by atoms with van der Waals surface area (Å²) in [5, 5.41) is 20.4. The van der Waals surface area contributed by atoms with Gasteiger partial charge in [0.2, 0.25) is 0 Å². The van der Waals surface area contributed by atoms with Crippen LogP contribution in [0.3, 0.4) is 0 Å². The molecule has 0 bridgehead atoms. The lowest BCUT2D eigenvalue weighted by Crippen LogP contribution is -2.21. The molecule has 0 saturated heterocycles. The van der Waals surface area contributed by atoms with E-state index in [0.29, 0.717) is 22.6 Å². The second kappa shape index (κ2) is 8.37. The van der Waals surface area contributed by atoms with Gasteiger partial charge in [0.15, 0.2) is 17.5 Å². The molecule has 1 atom stereocenters. The van der Waals surface area contributed by atoms with Gasteiger partial charge in [-0.3, -0.25) is 4.68 Å². The first-order valence-corrected chi connectivity index (χ1v) is 9.17. The van der Waals surface area contributed by atoms with Crippen LogP contribution < -0.4 is 5.32 Å². The van der Waals surface area contributed by atoms with E-state index in [4.69, 9.17) is 4.52 Å². The van der Waals surface area contributed by atoms with Gasteiger partial charge in [0.1, 0.15) is 23.5 Å². The Labute approximate surface area is 170 Å². The number of benzene rings is 1. The molecule has 0 aliphatic carbocycles. The van der Waals surface area contributed by atoms with Gasteiger partial charge in [-0.05, 0) is 19.1 Å². The number of nitrogens with zero attached hydrogens (tertiary/aromatic N) is 5. The maximum absolute atomic E-state index is 14.2. The lowest BCUT2D eigenvalue weighted by molar-refractivity contribution is 0.281. The van der Waals surface area contributed by atoms with Gasteiger partial charge in [0.05, 0.1) is 25.0 Å². The maximum Gasteiger partial charge on any atom is 0.183 e. The van der Waals surface area contributed by atoms with Crippen LogP contribution in [0.2, 0.25) is 0 Å². The summed E-state index contributed by atoms with van der Waals surface area (Å²) in [5.74, 6) is -0.890. The van der Waals surface area contributed by atoms with E-state index in [0.717, 1.165) is 6.20 Å². The Morgan fingerprint density at radius 3 is 2.73 bits per heavy atom. The average Bonchev–Trinajstić information content (AvgIpc) is 3.41. The van der Waals surface area contributed by atoms with Crippen molar-refractivity contribution in [3.8, 4) is 22.9 Å². The lowest BCUT2D eigenvalue weighted by atomic mass is 10.2. The SMILES string of the molecule is C[C@H](CO)Nc1nc(-c2cc(-c3ccon3)n(Cc3ccccc3F)n2)ncc1F. The summed E-state index contributed by atoms with van der Waals surface area (Å²) in [6.07, 6.45) is 2.45. The number of nitrogens with one attached hydrogen (secondary N) is 1. The topological polar surface area (TPSA) is 102 Å². The highest BCUT2D eigenvalue weighted by molar-refractivity contribution is 5.63. The van der Waals surface area contributed by atoms with Gasteiger partial charge in [-0.2, -0.15) is 5.10 Å². The molecule has 10 heteroatoms. The second-order valence-electron chi connectivity index (χ2n) is 6.67. The summed E-state index contributed by atoms with van der Waals surface area (Å²) in [4.78, 5) is 8.21. The minimum atomic E-state index is -0.651. The molecule has 0 aliphatic rings. The highest BCUT2D eigenvalue weighted by Crippen LogP contribution is 2.26. The Balaban J connectivity index is 1.75. The first kappa shape index (κ1) is 19.6. The van der Waals surface area contributed by atoms with Crippen molar-refractivity contribution in [1.82, 2.24) is 24.9 Å². The molecule has 8 nitrogen and oxygen atoms in total. The van der Waals surface area contributed by atoms with E-state index in [9.17, 15) is 13.9 Å². The monoisotopic (exact) mass is 412 g/mol. The molecule has 4 aromatic rings. The highest BCUT2D eigenvalue weighted by Gasteiger charge is 2.18. The second-order valence-corrected chi connectivity index (χ2v) is 6.67. The number of aliphatic hydroxyl groups excluding tert-OH is 1. The number of anilines is 1. The molecule has 154 valence electrons. The Hall–Kier alpha value is -3.66. The minimum absolute atomic E-state index is 0.0480. The normalized spacial score (nSPS) is 12.1. The zero-order valence-corrected chi connectivity index (χ0v) is 16.0. The average molecular weight is 412 g/mol. The van der Waals surface area contributed by atoms with E-state index < -0.39 is 11.9 Å². The van der Waals surface area contributed by atoms with Crippen LogP contribution in [0.25, 0.3) is 22.9 Å². The Morgan fingerprint density at radius 1 is 1.17 bits per heavy atom. The molecule has 0 unspecified atom stereocenters. The van der Waals surface area contributed by atoms with Crippen LogP contribution in [0.15, 0.2) is 53.4 Å². The van der Waals surface area contributed by atoms with Crippen molar-refractivity contribution in [2.24, 2.45) is 0 Å². The molecule has 2 N–H and O–H groups in total. The van der Waals surface area contributed by atoms with E-state index in [2.05, 4.69) is 25.5 Å². The summed E-state index contributed by atoms with van der Waals surface area (Å²) in [6.45, 7) is 1.64. The molecule has 0 radical (unpaired) electrons. The third kappa shape index (κ3) is 4.03. The third-order valence-corrected chi connectivity index (χ3v) is 4.39. The van der Waals surface area contributed by atoms with Crippen LogP contribution in [0, 0.1) is 11.6 Å². The lowest BCUT2D eigenvalue weighted by Gasteiger charge is -2.12. The van der Waals surface area contributed by atoms with Gasteiger partial charge in [-0.1, -0.05) is 23.4 Å². The molecule has 3 heterocycles. The molecule has 3 aromatic heterocycles. The third-order valence-electron chi connectivity index (χ3n) is 4.39. The number of hydrogen-bond donors (Lipinski definition) is 2. The first-order chi connectivity index (χ1) is 14.5. The molecular weight excluding hydrogens is 394 g/mol. The van der Waals surface area contributed by atoms with Crippen molar-refractivity contribution in [2.45, 2.75) is 19.5 Å². The fourth-order valence-corrected chi connectivity index (χ4v) is 2.86. The minimum Gasteiger partial charge on any atom is -0.394 e. The molecule has 0 amide bonds. The maximum atomic E-state index is 14.2. The molecule has 4 rings (SSSR count). The molecule has 1 aromatic carbocycles. The van der Waals surface area contributed by atoms with Crippen LogP contribution in [0.1, 0.15) is 12.5 Å². The van der Waals surface area contributed by atoms with Crippen molar-refractivity contribution in [3.63, 3.8) is 0 Å². The van der Waals surface area contributed by atoms with Crippen molar-refractivity contribution >= 4 is 5.82 Å². The summed E-state index contributed by atoms with van der Waals surface area (Å²) in [6, 6.07) is 9.31. The summed E-state index contributed by atoms with van der Waals surface area (Å²) >= 11 is 0. The van der Waals surface area contributed by atoms with Crippen molar-refractivity contribution < 1.29 is 18.4 Å².